The lowest BCUT2D eigenvalue weighted by Crippen LogP contribution is -2.35. The molecule has 2 nitrogen and oxygen atoms in total. The second-order valence-corrected chi connectivity index (χ2v) is 16.6. The van der Waals surface area contributed by atoms with E-state index in [0.717, 1.165) is 18.4 Å². The van der Waals surface area contributed by atoms with E-state index in [1.54, 1.807) is 0 Å². The van der Waals surface area contributed by atoms with Crippen LogP contribution in [-0.4, -0.2) is 19.9 Å². The van der Waals surface area contributed by atoms with Gasteiger partial charge in [0.2, 0.25) is 0 Å². The monoisotopic (exact) mass is 493 g/mol. The minimum absolute atomic E-state index is 0.194. The molecule has 35 heavy (non-hydrogen) atoms. The number of hydrogen-bond acceptors (Lipinski definition) is 2. The number of Topliss-reactive ketones (excluding diaryl/α,β-unsaturated/α-hetero) is 1. The first-order valence-electron chi connectivity index (χ1n) is 14.3. The molecule has 3 heteroatoms. The van der Waals surface area contributed by atoms with Crippen LogP contribution in [0.3, 0.4) is 0 Å². The third-order valence-corrected chi connectivity index (χ3v) is 10.9. The summed E-state index contributed by atoms with van der Waals surface area (Å²) in [6.07, 6.45) is 14.7. The fourth-order valence-electron chi connectivity index (χ4n) is 5.26. The van der Waals surface area contributed by atoms with Crippen LogP contribution in [0.4, 0.5) is 0 Å². The Bertz CT molecular complexity index is 805. The smallest absolute Gasteiger partial charge is 0.141 e. The Kier molecular flexibility index (Phi) is 14.2. The van der Waals surface area contributed by atoms with Crippen LogP contribution >= 0.6 is 0 Å². The van der Waals surface area contributed by atoms with Crippen molar-refractivity contribution in [3.8, 4) is 0 Å². The quantitative estimate of drug-likeness (QED) is 0.157. The second-order valence-electron chi connectivity index (χ2n) is 11.3. The van der Waals surface area contributed by atoms with E-state index >= 15 is 0 Å². The summed E-state index contributed by atoms with van der Waals surface area (Å²) in [6.45, 7) is 7.36. The van der Waals surface area contributed by atoms with E-state index in [9.17, 15) is 4.79 Å². The first-order valence-corrected chi connectivity index (χ1v) is 17.7. The SMILES string of the molecule is CCCCCCCCCC[Si](C)(C)CCCCC(=O)C(c1ccccc1)C(N)Cc1ccccc1. The maximum Gasteiger partial charge on any atom is 0.141 e. The van der Waals surface area contributed by atoms with Gasteiger partial charge in [0, 0.05) is 20.5 Å². The number of nitrogens with two attached hydrogens (primary N) is 1. The molecular formula is C32H51NOSi. The predicted octanol–water partition coefficient (Wildman–Crippen LogP) is 8.93. The summed E-state index contributed by atoms with van der Waals surface area (Å²) in [5, 5.41) is 0. The van der Waals surface area contributed by atoms with Crippen LogP contribution < -0.4 is 5.73 Å². The number of benzene rings is 2. The van der Waals surface area contributed by atoms with E-state index in [2.05, 4.69) is 44.3 Å². The fourth-order valence-corrected chi connectivity index (χ4v) is 7.92. The standard InChI is InChI=1S/C32H51NOSi/c1-4-5-6-7-8-9-10-18-25-35(2,3)26-19-17-24-31(34)32(29-22-15-12-16-23-29)30(33)27-28-20-13-11-14-21-28/h11-16,20-23,30,32H,4-10,17-19,24-27,33H2,1-3H3. The lowest BCUT2D eigenvalue weighted by Gasteiger charge is -2.25. The van der Waals surface area contributed by atoms with Crippen LogP contribution in [0.5, 0.6) is 0 Å². The molecule has 2 aromatic rings. The Morgan fingerprint density at radius 3 is 1.86 bits per heavy atom. The number of hydrogen-bond donors (Lipinski definition) is 1. The molecule has 194 valence electrons. The third-order valence-electron chi connectivity index (χ3n) is 7.48. The lowest BCUT2D eigenvalue weighted by molar-refractivity contribution is -0.121. The lowest BCUT2D eigenvalue weighted by atomic mass is 9.83. The van der Waals surface area contributed by atoms with Gasteiger partial charge in [0.05, 0.1) is 5.92 Å². The van der Waals surface area contributed by atoms with Crippen molar-refractivity contribution in [3.63, 3.8) is 0 Å². The van der Waals surface area contributed by atoms with Crippen molar-refractivity contribution < 1.29 is 4.79 Å². The van der Waals surface area contributed by atoms with Crippen LogP contribution in [0.1, 0.15) is 94.6 Å². The van der Waals surface area contributed by atoms with Gasteiger partial charge in [0.25, 0.3) is 0 Å². The minimum atomic E-state index is -1.16. The summed E-state index contributed by atoms with van der Waals surface area (Å²) < 4.78 is 0. The van der Waals surface area contributed by atoms with Gasteiger partial charge in [0.15, 0.2) is 0 Å². The molecule has 0 amide bonds. The minimum Gasteiger partial charge on any atom is -0.326 e. The molecule has 0 saturated heterocycles. The summed E-state index contributed by atoms with van der Waals surface area (Å²) in [4.78, 5) is 13.4. The van der Waals surface area contributed by atoms with Crippen LogP contribution in [0.15, 0.2) is 60.7 Å². The highest BCUT2D eigenvalue weighted by Gasteiger charge is 2.27. The number of carbonyl (C=O) groups excluding carboxylic acids is 1. The van der Waals surface area contributed by atoms with Gasteiger partial charge >= 0.3 is 0 Å². The van der Waals surface area contributed by atoms with Crippen molar-refractivity contribution in [2.45, 2.75) is 121 Å². The van der Waals surface area contributed by atoms with Gasteiger partial charge in [-0.2, -0.15) is 0 Å². The number of carbonyl (C=O) groups is 1. The van der Waals surface area contributed by atoms with Crippen molar-refractivity contribution in [2.75, 3.05) is 0 Å². The van der Waals surface area contributed by atoms with E-state index in [1.807, 2.05) is 36.4 Å². The summed E-state index contributed by atoms with van der Waals surface area (Å²) in [6, 6.07) is 23.1. The van der Waals surface area contributed by atoms with Crippen LogP contribution in [0.25, 0.3) is 0 Å². The highest BCUT2D eigenvalue weighted by atomic mass is 28.3. The summed E-state index contributed by atoms with van der Waals surface area (Å²) in [7, 11) is -1.16. The Hall–Kier alpha value is -1.71. The molecule has 0 radical (unpaired) electrons. The fraction of sp³-hybridized carbons (Fsp3) is 0.594. The summed E-state index contributed by atoms with van der Waals surface area (Å²) in [5.74, 6) is 0.0844. The van der Waals surface area contributed by atoms with Gasteiger partial charge in [-0.3, -0.25) is 4.79 Å². The van der Waals surface area contributed by atoms with Gasteiger partial charge in [-0.05, 0) is 24.0 Å². The topological polar surface area (TPSA) is 43.1 Å². The number of unbranched alkanes of at least 4 members (excludes halogenated alkanes) is 8. The predicted molar refractivity (Wildman–Crippen MR) is 156 cm³/mol. The Morgan fingerprint density at radius 2 is 1.26 bits per heavy atom. The maximum atomic E-state index is 13.4. The summed E-state index contributed by atoms with van der Waals surface area (Å²) in [5.41, 5.74) is 8.91. The van der Waals surface area contributed by atoms with Gasteiger partial charge < -0.3 is 5.73 Å². The molecule has 0 aliphatic heterocycles. The first-order chi connectivity index (χ1) is 16.9. The molecule has 2 aromatic carbocycles. The molecule has 0 aliphatic rings. The molecule has 2 rings (SSSR count). The Balaban J connectivity index is 1.76. The molecule has 0 bridgehead atoms. The first kappa shape index (κ1) is 29.5. The van der Waals surface area contributed by atoms with Crippen molar-refractivity contribution in [1.82, 2.24) is 0 Å². The Morgan fingerprint density at radius 1 is 0.743 bits per heavy atom. The normalized spacial score (nSPS) is 13.5. The van der Waals surface area contributed by atoms with Crippen molar-refractivity contribution in [1.29, 1.82) is 0 Å². The van der Waals surface area contributed by atoms with E-state index in [4.69, 9.17) is 5.73 Å². The van der Waals surface area contributed by atoms with Gasteiger partial charge in [-0.25, -0.2) is 0 Å². The van der Waals surface area contributed by atoms with Gasteiger partial charge in [0.1, 0.15) is 5.78 Å². The molecule has 2 atom stereocenters. The van der Waals surface area contributed by atoms with Crippen LogP contribution in [-0.2, 0) is 11.2 Å². The highest BCUT2D eigenvalue weighted by molar-refractivity contribution is 6.77. The highest BCUT2D eigenvalue weighted by Crippen LogP contribution is 2.27. The molecule has 0 saturated carbocycles. The molecule has 0 fully saturated rings. The van der Waals surface area contributed by atoms with Crippen molar-refractivity contribution >= 4 is 13.9 Å². The zero-order valence-electron chi connectivity index (χ0n) is 22.8. The van der Waals surface area contributed by atoms with Gasteiger partial charge in [-0.15, -0.1) is 0 Å². The average molecular weight is 494 g/mol. The molecule has 0 spiro atoms. The van der Waals surface area contributed by atoms with Gasteiger partial charge in [-0.1, -0.05) is 151 Å². The van der Waals surface area contributed by atoms with Crippen molar-refractivity contribution in [3.05, 3.63) is 71.8 Å². The zero-order chi connectivity index (χ0) is 25.4. The molecular weight excluding hydrogens is 442 g/mol. The van der Waals surface area contributed by atoms with Crippen LogP contribution in [0, 0.1) is 0 Å². The molecule has 0 aliphatic carbocycles. The van der Waals surface area contributed by atoms with Crippen LogP contribution in [0.2, 0.25) is 25.2 Å². The Labute approximate surface area is 217 Å². The summed E-state index contributed by atoms with van der Waals surface area (Å²) >= 11 is 0. The molecule has 0 aromatic heterocycles. The average Bonchev–Trinajstić information content (AvgIpc) is 2.85. The molecule has 2 unspecified atom stereocenters. The van der Waals surface area contributed by atoms with Crippen molar-refractivity contribution in [2.24, 2.45) is 5.73 Å². The molecule has 2 N–H and O–H groups in total. The van der Waals surface area contributed by atoms with E-state index < -0.39 is 8.07 Å². The number of ketones is 1. The largest absolute Gasteiger partial charge is 0.326 e. The second kappa shape index (κ2) is 16.9. The number of rotatable bonds is 19. The van der Waals surface area contributed by atoms with E-state index in [0.29, 0.717) is 12.2 Å². The molecule has 0 heterocycles. The zero-order valence-corrected chi connectivity index (χ0v) is 23.8. The maximum absolute atomic E-state index is 13.4. The van der Waals surface area contributed by atoms with E-state index in [1.165, 1.54) is 75.4 Å². The van der Waals surface area contributed by atoms with E-state index in [-0.39, 0.29) is 12.0 Å². The third kappa shape index (κ3) is 12.2.